The van der Waals surface area contributed by atoms with Gasteiger partial charge in [0.25, 0.3) is 0 Å². The summed E-state index contributed by atoms with van der Waals surface area (Å²) in [5, 5.41) is 7.30. The molecule has 0 bridgehead atoms. The van der Waals surface area contributed by atoms with Crippen molar-refractivity contribution in [2.75, 3.05) is 5.73 Å². The molecule has 4 heteroatoms. The van der Waals surface area contributed by atoms with E-state index in [-0.39, 0.29) is 12.4 Å². The molecular formula is C6H10ClN3. The molecule has 0 amide bonds. The number of anilines is 1. The monoisotopic (exact) mass is 159 g/mol. The van der Waals surface area contributed by atoms with Crippen molar-refractivity contribution in [1.29, 1.82) is 0 Å². The second-order valence-corrected chi connectivity index (χ2v) is 1.80. The Morgan fingerprint density at radius 2 is 2.30 bits per heavy atom. The van der Waals surface area contributed by atoms with Crippen molar-refractivity contribution in [3.05, 3.63) is 17.8 Å². The highest BCUT2D eigenvalue weighted by molar-refractivity contribution is 5.85. The van der Waals surface area contributed by atoms with Crippen LogP contribution in [0.2, 0.25) is 0 Å². The molecule has 0 fully saturated rings. The van der Waals surface area contributed by atoms with Crippen molar-refractivity contribution in [2.24, 2.45) is 0 Å². The summed E-state index contributed by atoms with van der Waals surface area (Å²) >= 11 is 0. The van der Waals surface area contributed by atoms with E-state index in [9.17, 15) is 0 Å². The van der Waals surface area contributed by atoms with Crippen molar-refractivity contribution in [3.63, 3.8) is 0 Å². The molecule has 0 aliphatic heterocycles. The van der Waals surface area contributed by atoms with Crippen LogP contribution in [0.5, 0.6) is 0 Å². The predicted molar refractivity (Wildman–Crippen MR) is 43.1 cm³/mol. The largest absolute Gasteiger partial charge is 0.382 e. The molecule has 0 unspecified atom stereocenters. The van der Waals surface area contributed by atoms with Gasteiger partial charge in [-0.05, 0) is 18.1 Å². The van der Waals surface area contributed by atoms with Crippen LogP contribution in [0.1, 0.15) is 12.5 Å². The van der Waals surface area contributed by atoms with E-state index in [0.29, 0.717) is 5.82 Å². The average Bonchev–Trinajstić information content (AvgIpc) is 1.89. The molecule has 1 rings (SSSR count). The maximum atomic E-state index is 5.46. The fraction of sp³-hybridized carbons (Fsp3) is 0.333. The lowest BCUT2D eigenvalue weighted by Crippen LogP contribution is -1.96. The normalized spacial score (nSPS) is 8.50. The summed E-state index contributed by atoms with van der Waals surface area (Å²) in [7, 11) is 0. The van der Waals surface area contributed by atoms with Gasteiger partial charge < -0.3 is 5.73 Å². The van der Waals surface area contributed by atoms with E-state index in [1.165, 1.54) is 0 Å². The number of nitrogen functional groups attached to an aromatic ring is 1. The third kappa shape index (κ3) is 1.84. The van der Waals surface area contributed by atoms with E-state index in [1.54, 1.807) is 6.20 Å². The second kappa shape index (κ2) is 4.06. The Morgan fingerprint density at radius 3 is 2.70 bits per heavy atom. The van der Waals surface area contributed by atoms with Crippen LogP contribution >= 0.6 is 12.4 Å². The van der Waals surface area contributed by atoms with Crippen molar-refractivity contribution in [1.82, 2.24) is 10.2 Å². The first-order chi connectivity index (χ1) is 4.34. The van der Waals surface area contributed by atoms with Crippen molar-refractivity contribution in [3.8, 4) is 0 Å². The molecular weight excluding hydrogens is 150 g/mol. The van der Waals surface area contributed by atoms with Crippen LogP contribution in [0.4, 0.5) is 5.82 Å². The molecule has 56 valence electrons. The Bertz CT molecular complexity index is 202. The molecule has 0 aliphatic rings. The number of nitrogens with two attached hydrogens (primary N) is 1. The van der Waals surface area contributed by atoms with Crippen molar-refractivity contribution >= 4 is 18.2 Å². The second-order valence-electron chi connectivity index (χ2n) is 1.80. The summed E-state index contributed by atoms with van der Waals surface area (Å²) in [5.41, 5.74) is 6.52. The number of rotatable bonds is 1. The highest BCUT2D eigenvalue weighted by Crippen LogP contribution is 2.04. The first-order valence-electron chi connectivity index (χ1n) is 2.90. The number of hydrogen-bond acceptors (Lipinski definition) is 3. The zero-order valence-corrected chi connectivity index (χ0v) is 6.56. The number of halogens is 1. The van der Waals surface area contributed by atoms with Gasteiger partial charge >= 0.3 is 0 Å². The lowest BCUT2D eigenvalue weighted by molar-refractivity contribution is 0.996. The number of nitrogens with zero attached hydrogens (tertiary/aromatic N) is 2. The van der Waals surface area contributed by atoms with Crippen molar-refractivity contribution < 1.29 is 0 Å². The topological polar surface area (TPSA) is 51.8 Å². The van der Waals surface area contributed by atoms with Gasteiger partial charge in [0, 0.05) is 0 Å². The molecule has 0 aromatic carbocycles. The zero-order chi connectivity index (χ0) is 6.69. The molecule has 1 heterocycles. The Labute approximate surface area is 66.1 Å². The van der Waals surface area contributed by atoms with Gasteiger partial charge in [0.15, 0.2) is 0 Å². The first kappa shape index (κ1) is 9.17. The minimum atomic E-state index is 0. The van der Waals surface area contributed by atoms with E-state index in [2.05, 4.69) is 10.2 Å². The zero-order valence-electron chi connectivity index (χ0n) is 5.74. The lowest BCUT2D eigenvalue weighted by Gasteiger charge is -1.95. The quantitative estimate of drug-likeness (QED) is 0.666. The van der Waals surface area contributed by atoms with E-state index in [0.717, 1.165) is 12.0 Å². The van der Waals surface area contributed by atoms with Gasteiger partial charge in [-0.1, -0.05) is 6.92 Å². The van der Waals surface area contributed by atoms with E-state index < -0.39 is 0 Å². The number of aryl methyl sites for hydroxylation is 1. The van der Waals surface area contributed by atoms with Crippen LogP contribution in [0, 0.1) is 0 Å². The molecule has 0 spiro atoms. The van der Waals surface area contributed by atoms with Gasteiger partial charge in [0.05, 0.1) is 6.20 Å². The molecule has 2 N–H and O–H groups in total. The van der Waals surface area contributed by atoms with Crippen molar-refractivity contribution in [2.45, 2.75) is 13.3 Å². The summed E-state index contributed by atoms with van der Waals surface area (Å²) < 4.78 is 0. The van der Waals surface area contributed by atoms with Gasteiger partial charge in [-0.3, -0.25) is 0 Å². The molecule has 0 saturated heterocycles. The summed E-state index contributed by atoms with van der Waals surface area (Å²) in [4.78, 5) is 0. The standard InChI is InChI=1S/C6H9N3.ClH/c1-2-5-3-4-8-9-6(5)7;/h3-4H,2H2,1H3,(H2,7,9);1H. The summed E-state index contributed by atoms with van der Waals surface area (Å²) in [5.74, 6) is 0.542. The molecule has 1 aromatic rings. The van der Waals surface area contributed by atoms with Gasteiger partial charge in [-0.2, -0.15) is 5.10 Å². The average molecular weight is 160 g/mol. The van der Waals surface area contributed by atoms with Gasteiger partial charge in [0.1, 0.15) is 5.82 Å². The maximum absolute atomic E-state index is 5.46. The SMILES string of the molecule is CCc1ccnnc1N.Cl. The number of hydrogen-bond donors (Lipinski definition) is 1. The maximum Gasteiger partial charge on any atom is 0.149 e. The fourth-order valence-electron chi connectivity index (χ4n) is 0.667. The summed E-state index contributed by atoms with van der Waals surface area (Å²) in [6.45, 7) is 2.04. The third-order valence-corrected chi connectivity index (χ3v) is 1.22. The van der Waals surface area contributed by atoms with Crippen LogP contribution in [-0.4, -0.2) is 10.2 Å². The fourth-order valence-corrected chi connectivity index (χ4v) is 0.667. The van der Waals surface area contributed by atoms with Gasteiger partial charge in [-0.25, -0.2) is 0 Å². The van der Waals surface area contributed by atoms with Crippen LogP contribution in [0.15, 0.2) is 12.3 Å². The molecule has 3 nitrogen and oxygen atoms in total. The predicted octanol–water partition coefficient (Wildman–Crippen LogP) is 1.04. The van der Waals surface area contributed by atoms with Crippen LogP contribution in [0.3, 0.4) is 0 Å². The highest BCUT2D eigenvalue weighted by atomic mass is 35.5. The molecule has 1 aromatic heterocycles. The Balaban J connectivity index is 0.000000810. The Hall–Kier alpha value is -0.830. The molecule has 0 radical (unpaired) electrons. The van der Waals surface area contributed by atoms with Gasteiger partial charge in [-0.15, -0.1) is 17.5 Å². The van der Waals surface area contributed by atoms with E-state index in [1.807, 2.05) is 13.0 Å². The minimum absolute atomic E-state index is 0. The first-order valence-corrected chi connectivity index (χ1v) is 2.90. The summed E-state index contributed by atoms with van der Waals surface area (Å²) in [6.07, 6.45) is 2.57. The number of aromatic nitrogens is 2. The molecule has 0 atom stereocenters. The lowest BCUT2D eigenvalue weighted by atomic mass is 10.2. The molecule has 0 saturated carbocycles. The molecule has 10 heavy (non-hydrogen) atoms. The third-order valence-electron chi connectivity index (χ3n) is 1.22. The summed E-state index contributed by atoms with van der Waals surface area (Å²) in [6, 6.07) is 1.88. The van der Waals surface area contributed by atoms with Gasteiger partial charge in [0.2, 0.25) is 0 Å². The van der Waals surface area contributed by atoms with Crippen LogP contribution < -0.4 is 5.73 Å². The van der Waals surface area contributed by atoms with Crippen LogP contribution in [0.25, 0.3) is 0 Å². The van der Waals surface area contributed by atoms with E-state index >= 15 is 0 Å². The minimum Gasteiger partial charge on any atom is -0.382 e. The Kier molecular flexibility index (Phi) is 3.72. The molecule has 0 aliphatic carbocycles. The van der Waals surface area contributed by atoms with E-state index in [4.69, 9.17) is 5.73 Å². The Morgan fingerprint density at radius 1 is 1.60 bits per heavy atom. The van der Waals surface area contributed by atoms with Crippen LogP contribution in [-0.2, 0) is 6.42 Å². The highest BCUT2D eigenvalue weighted by Gasteiger charge is 1.93. The smallest absolute Gasteiger partial charge is 0.149 e.